The fourth-order valence-corrected chi connectivity index (χ4v) is 3.73. The largest absolute Gasteiger partial charge is 0.493 e. The SMILES string of the molecule is COc1ccc(NC(=O)C(C)n2c(N)nnc2SCc2ccccc2)cc1OC. The molecule has 1 atom stereocenters. The van der Waals surface area contributed by atoms with E-state index in [4.69, 9.17) is 15.2 Å². The maximum atomic E-state index is 12.8. The Hall–Kier alpha value is -3.20. The van der Waals surface area contributed by atoms with E-state index in [1.807, 2.05) is 30.3 Å². The second kappa shape index (κ2) is 9.33. The molecule has 3 aromatic rings. The molecule has 0 saturated carbocycles. The minimum absolute atomic E-state index is 0.190. The quantitative estimate of drug-likeness (QED) is 0.546. The van der Waals surface area contributed by atoms with Crippen LogP contribution in [0.25, 0.3) is 0 Å². The van der Waals surface area contributed by atoms with Crippen molar-refractivity contribution in [3.05, 3.63) is 54.1 Å². The molecule has 9 heteroatoms. The van der Waals surface area contributed by atoms with E-state index in [0.29, 0.717) is 28.1 Å². The highest BCUT2D eigenvalue weighted by molar-refractivity contribution is 7.98. The number of nitrogen functional groups attached to an aromatic ring is 1. The molecular weight excluding hydrogens is 390 g/mol. The van der Waals surface area contributed by atoms with Gasteiger partial charge in [0.1, 0.15) is 6.04 Å². The molecule has 0 saturated heterocycles. The third kappa shape index (κ3) is 4.80. The number of hydrogen-bond acceptors (Lipinski definition) is 7. The number of aromatic nitrogens is 3. The van der Waals surface area contributed by atoms with Gasteiger partial charge >= 0.3 is 0 Å². The van der Waals surface area contributed by atoms with Crippen LogP contribution in [-0.4, -0.2) is 34.9 Å². The van der Waals surface area contributed by atoms with E-state index in [2.05, 4.69) is 15.5 Å². The molecule has 29 heavy (non-hydrogen) atoms. The summed E-state index contributed by atoms with van der Waals surface area (Å²) in [4.78, 5) is 12.8. The summed E-state index contributed by atoms with van der Waals surface area (Å²) in [6.07, 6.45) is 0. The van der Waals surface area contributed by atoms with Crippen molar-refractivity contribution in [1.29, 1.82) is 0 Å². The van der Waals surface area contributed by atoms with Crippen LogP contribution in [0.5, 0.6) is 11.5 Å². The van der Waals surface area contributed by atoms with Crippen molar-refractivity contribution >= 4 is 29.3 Å². The summed E-state index contributed by atoms with van der Waals surface area (Å²) in [5.74, 6) is 1.76. The summed E-state index contributed by atoms with van der Waals surface area (Å²) in [5, 5.41) is 11.5. The molecule has 1 unspecified atom stereocenters. The second-order valence-electron chi connectivity index (χ2n) is 6.22. The molecule has 2 aromatic carbocycles. The zero-order valence-electron chi connectivity index (χ0n) is 16.5. The topological polar surface area (TPSA) is 104 Å². The van der Waals surface area contributed by atoms with Crippen molar-refractivity contribution in [2.24, 2.45) is 0 Å². The minimum Gasteiger partial charge on any atom is -0.493 e. The number of carbonyl (C=O) groups excluding carboxylic acids is 1. The van der Waals surface area contributed by atoms with Gasteiger partial charge in [-0.2, -0.15) is 0 Å². The van der Waals surface area contributed by atoms with Gasteiger partial charge in [-0.25, -0.2) is 0 Å². The first-order valence-electron chi connectivity index (χ1n) is 8.93. The van der Waals surface area contributed by atoms with Crippen LogP contribution in [0, 0.1) is 0 Å². The molecule has 0 aliphatic heterocycles. The van der Waals surface area contributed by atoms with Gasteiger partial charge in [0.05, 0.1) is 14.2 Å². The molecule has 152 valence electrons. The van der Waals surface area contributed by atoms with Crippen molar-refractivity contribution in [1.82, 2.24) is 14.8 Å². The Balaban J connectivity index is 1.73. The van der Waals surface area contributed by atoms with Crippen molar-refractivity contribution in [2.75, 3.05) is 25.3 Å². The third-order valence-electron chi connectivity index (χ3n) is 4.32. The highest BCUT2D eigenvalue weighted by Gasteiger charge is 2.22. The normalized spacial score (nSPS) is 11.7. The standard InChI is InChI=1S/C20H23N5O3S/c1-13(18(26)22-15-9-10-16(27-2)17(11-15)28-3)25-19(21)23-24-20(25)29-12-14-7-5-4-6-8-14/h4-11,13H,12H2,1-3H3,(H2,21,23)(H,22,26). The number of nitrogens with two attached hydrogens (primary N) is 1. The van der Waals surface area contributed by atoms with Gasteiger partial charge in [0.25, 0.3) is 0 Å². The Morgan fingerprint density at radius 1 is 1.14 bits per heavy atom. The fraction of sp³-hybridized carbons (Fsp3) is 0.250. The van der Waals surface area contributed by atoms with Crippen LogP contribution in [0.1, 0.15) is 18.5 Å². The van der Waals surface area contributed by atoms with E-state index < -0.39 is 6.04 Å². The van der Waals surface area contributed by atoms with Gasteiger partial charge in [0, 0.05) is 17.5 Å². The number of methoxy groups -OCH3 is 2. The first-order valence-corrected chi connectivity index (χ1v) is 9.92. The Bertz CT molecular complexity index is 978. The molecule has 0 aliphatic carbocycles. The predicted molar refractivity (Wildman–Crippen MR) is 113 cm³/mol. The van der Waals surface area contributed by atoms with Gasteiger partial charge in [-0.1, -0.05) is 42.1 Å². The Kier molecular flexibility index (Phi) is 6.61. The number of nitrogens with zero attached hydrogens (tertiary/aromatic N) is 3. The van der Waals surface area contributed by atoms with Crippen LogP contribution < -0.4 is 20.5 Å². The third-order valence-corrected chi connectivity index (χ3v) is 5.33. The molecule has 0 spiro atoms. The number of amides is 1. The number of rotatable bonds is 8. The van der Waals surface area contributed by atoms with Gasteiger partial charge in [-0.15, -0.1) is 10.2 Å². The molecule has 3 rings (SSSR count). The molecule has 1 amide bonds. The lowest BCUT2D eigenvalue weighted by atomic mass is 10.2. The highest BCUT2D eigenvalue weighted by atomic mass is 32.2. The monoisotopic (exact) mass is 413 g/mol. The number of carbonyl (C=O) groups is 1. The van der Waals surface area contributed by atoms with E-state index in [1.54, 1.807) is 43.9 Å². The van der Waals surface area contributed by atoms with Crippen molar-refractivity contribution in [3.8, 4) is 11.5 Å². The van der Waals surface area contributed by atoms with Crippen LogP contribution in [0.15, 0.2) is 53.7 Å². The van der Waals surface area contributed by atoms with Crippen LogP contribution in [0.3, 0.4) is 0 Å². The maximum Gasteiger partial charge on any atom is 0.247 e. The molecule has 0 bridgehead atoms. The lowest BCUT2D eigenvalue weighted by Gasteiger charge is -2.17. The summed E-state index contributed by atoms with van der Waals surface area (Å²) in [6, 6.07) is 14.6. The van der Waals surface area contributed by atoms with Crippen LogP contribution in [0.4, 0.5) is 11.6 Å². The highest BCUT2D eigenvalue weighted by Crippen LogP contribution is 2.31. The van der Waals surface area contributed by atoms with Crippen molar-refractivity contribution in [2.45, 2.75) is 23.9 Å². The van der Waals surface area contributed by atoms with Crippen LogP contribution in [0.2, 0.25) is 0 Å². The Labute approximate surface area is 173 Å². The molecule has 1 heterocycles. The fourth-order valence-electron chi connectivity index (χ4n) is 2.75. The number of nitrogens with one attached hydrogen (secondary N) is 1. The average Bonchev–Trinajstić information content (AvgIpc) is 3.12. The van der Waals surface area contributed by atoms with Crippen molar-refractivity contribution in [3.63, 3.8) is 0 Å². The Morgan fingerprint density at radius 3 is 2.55 bits per heavy atom. The lowest BCUT2D eigenvalue weighted by Crippen LogP contribution is -2.25. The van der Waals surface area contributed by atoms with E-state index >= 15 is 0 Å². The van der Waals surface area contributed by atoms with E-state index in [9.17, 15) is 4.79 Å². The molecule has 8 nitrogen and oxygen atoms in total. The zero-order chi connectivity index (χ0) is 20.8. The van der Waals surface area contributed by atoms with Gasteiger partial charge in [0.2, 0.25) is 11.9 Å². The Morgan fingerprint density at radius 2 is 1.86 bits per heavy atom. The number of thioether (sulfide) groups is 1. The molecule has 3 N–H and O–H groups in total. The number of anilines is 2. The van der Waals surface area contributed by atoms with Crippen molar-refractivity contribution < 1.29 is 14.3 Å². The first-order chi connectivity index (χ1) is 14.0. The summed E-state index contributed by atoms with van der Waals surface area (Å²) >= 11 is 1.48. The second-order valence-corrected chi connectivity index (χ2v) is 7.16. The zero-order valence-corrected chi connectivity index (χ0v) is 17.3. The van der Waals surface area contributed by atoms with E-state index in [0.717, 1.165) is 5.56 Å². The average molecular weight is 414 g/mol. The summed E-state index contributed by atoms with van der Waals surface area (Å²) in [6.45, 7) is 1.75. The molecule has 1 aromatic heterocycles. The number of benzene rings is 2. The van der Waals surface area contributed by atoms with Gasteiger partial charge in [0.15, 0.2) is 16.7 Å². The molecule has 0 fully saturated rings. The summed E-state index contributed by atoms with van der Waals surface area (Å²) in [7, 11) is 3.10. The maximum absolute atomic E-state index is 12.8. The van der Waals surface area contributed by atoms with Gasteiger partial charge in [-0.05, 0) is 24.6 Å². The van der Waals surface area contributed by atoms with E-state index in [1.165, 1.54) is 11.8 Å². The molecule has 0 aliphatic rings. The lowest BCUT2D eigenvalue weighted by molar-refractivity contribution is -0.118. The van der Waals surface area contributed by atoms with Crippen LogP contribution in [-0.2, 0) is 10.5 Å². The van der Waals surface area contributed by atoms with Gasteiger partial charge < -0.3 is 20.5 Å². The van der Waals surface area contributed by atoms with Gasteiger partial charge in [-0.3, -0.25) is 9.36 Å². The molecular formula is C20H23N5O3S. The van der Waals surface area contributed by atoms with Crippen LogP contribution >= 0.6 is 11.8 Å². The van der Waals surface area contributed by atoms with E-state index in [-0.39, 0.29) is 11.9 Å². The summed E-state index contributed by atoms with van der Waals surface area (Å²) < 4.78 is 12.1. The minimum atomic E-state index is -0.601. The number of hydrogen-bond donors (Lipinski definition) is 2. The smallest absolute Gasteiger partial charge is 0.247 e. The predicted octanol–water partition coefficient (Wildman–Crippen LogP) is 3.37. The molecule has 0 radical (unpaired) electrons. The first kappa shape index (κ1) is 20.5. The summed E-state index contributed by atoms with van der Waals surface area (Å²) in [5.41, 5.74) is 7.72. The number of ether oxygens (including phenoxy) is 2.